The highest BCUT2D eigenvalue weighted by molar-refractivity contribution is 5.72. The second-order valence-electron chi connectivity index (χ2n) is 4.25. The highest BCUT2D eigenvalue weighted by Gasteiger charge is 2.10. The van der Waals surface area contributed by atoms with Gasteiger partial charge in [-0.05, 0) is 26.2 Å². The van der Waals surface area contributed by atoms with Gasteiger partial charge in [0.1, 0.15) is 6.04 Å². The van der Waals surface area contributed by atoms with Gasteiger partial charge in [0.05, 0.1) is 5.69 Å². The number of aromatic nitrogens is 1. The monoisotopic (exact) mass is 254 g/mol. The Balaban J connectivity index is 2.48. The molecule has 0 aliphatic carbocycles. The van der Waals surface area contributed by atoms with Crippen molar-refractivity contribution < 1.29 is 15.0 Å². The zero-order valence-electron chi connectivity index (χ0n) is 10.3. The maximum absolute atomic E-state index is 11.1. The van der Waals surface area contributed by atoms with Crippen molar-refractivity contribution in [3.8, 4) is 5.75 Å². The molecule has 0 aliphatic heterocycles. The van der Waals surface area contributed by atoms with E-state index in [4.69, 9.17) is 10.8 Å². The van der Waals surface area contributed by atoms with E-state index in [-0.39, 0.29) is 5.75 Å². The fourth-order valence-corrected chi connectivity index (χ4v) is 1.67. The zero-order chi connectivity index (χ0) is 13.7. The van der Waals surface area contributed by atoms with Gasteiger partial charge >= 0.3 is 5.97 Å². The first-order valence-electron chi connectivity index (χ1n) is 5.81. The number of hydrogen-bond donors (Lipinski definition) is 3. The molecule has 100 valence electrons. The number of hydrogen-bond acceptors (Lipinski definition) is 4. The molecule has 4 N–H and O–H groups in total. The summed E-state index contributed by atoms with van der Waals surface area (Å²) in [7, 11) is 0. The molecule has 0 spiro atoms. The summed E-state index contributed by atoms with van der Waals surface area (Å²) < 4.78 is 1.77. The van der Waals surface area contributed by atoms with E-state index in [2.05, 4.69) is 0 Å². The van der Waals surface area contributed by atoms with Crippen LogP contribution in [0.15, 0.2) is 17.1 Å². The molecule has 0 bridgehead atoms. The standard InChI is InChI=1S/C12H18N2O4/c1-8-11(16)10(15)5-7-14(8)6-3-2-4-9(13)12(17)18/h5,7,9,16H,2-4,6,13H2,1H3,(H,17,18). The summed E-state index contributed by atoms with van der Waals surface area (Å²) in [4.78, 5) is 21.6. The van der Waals surface area contributed by atoms with Crippen LogP contribution >= 0.6 is 0 Å². The van der Waals surface area contributed by atoms with Gasteiger partial charge in [0, 0.05) is 18.8 Å². The summed E-state index contributed by atoms with van der Waals surface area (Å²) in [5.41, 5.74) is 5.51. The summed E-state index contributed by atoms with van der Waals surface area (Å²) in [5, 5.41) is 18.1. The Hall–Kier alpha value is -1.82. The molecule has 18 heavy (non-hydrogen) atoms. The molecule has 0 saturated carbocycles. The Bertz CT molecular complexity index is 481. The number of nitrogens with two attached hydrogens (primary N) is 1. The van der Waals surface area contributed by atoms with E-state index in [0.29, 0.717) is 25.1 Å². The number of unbranched alkanes of at least 4 members (excludes halogenated alkanes) is 1. The van der Waals surface area contributed by atoms with Gasteiger partial charge in [0.15, 0.2) is 5.75 Å². The van der Waals surface area contributed by atoms with Crippen molar-refractivity contribution in [2.45, 2.75) is 38.8 Å². The van der Waals surface area contributed by atoms with Crippen LogP contribution in [0.25, 0.3) is 0 Å². The summed E-state index contributed by atoms with van der Waals surface area (Å²) >= 11 is 0. The van der Waals surface area contributed by atoms with Crippen LogP contribution < -0.4 is 11.2 Å². The molecule has 0 fully saturated rings. The first-order valence-corrected chi connectivity index (χ1v) is 5.81. The van der Waals surface area contributed by atoms with Gasteiger partial charge in [-0.25, -0.2) is 0 Å². The van der Waals surface area contributed by atoms with Gasteiger partial charge < -0.3 is 20.5 Å². The smallest absolute Gasteiger partial charge is 0.320 e. The number of pyridine rings is 1. The maximum Gasteiger partial charge on any atom is 0.320 e. The van der Waals surface area contributed by atoms with Crippen LogP contribution in [0.1, 0.15) is 25.0 Å². The minimum atomic E-state index is -0.993. The van der Waals surface area contributed by atoms with Crippen molar-refractivity contribution in [3.05, 3.63) is 28.2 Å². The second-order valence-corrected chi connectivity index (χ2v) is 4.25. The minimum Gasteiger partial charge on any atom is -0.503 e. The summed E-state index contributed by atoms with van der Waals surface area (Å²) in [6, 6.07) is 0.485. The zero-order valence-corrected chi connectivity index (χ0v) is 10.3. The molecule has 0 aliphatic rings. The van der Waals surface area contributed by atoms with Crippen LogP contribution in [0.4, 0.5) is 0 Å². The largest absolute Gasteiger partial charge is 0.503 e. The molecule has 1 unspecified atom stereocenters. The summed E-state index contributed by atoms with van der Waals surface area (Å²) in [5.74, 6) is -1.23. The average molecular weight is 254 g/mol. The van der Waals surface area contributed by atoms with Gasteiger partial charge in [-0.1, -0.05) is 0 Å². The Labute approximate surface area is 105 Å². The third-order valence-corrected chi connectivity index (χ3v) is 2.89. The van der Waals surface area contributed by atoms with E-state index >= 15 is 0 Å². The van der Waals surface area contributed by atoms with E-state index in [1.54, 1.807) is 17.7 Å². The van der Waals surface area contributed by atoms with Crippen molar-refractivity contribution in [2.24, 2.45) is 5.73 Å². The number of carboxylic acid groups (broad SMARTS) is 1. The topological polar surface area (TPSA) is 106 Å². The molecular weight excluding hydrogens is 236 g/mol. The summed E-state index contributed by atoms with van der Waals surface area (Å²) in [6.07, 6.45) is 3.46. The number of aryl methyl sites for hydroxylation is 1. The highest BCUT2D eigenvalue weighted by Crippen LogP contribution is 2.11. The van der Waals surface area contributed by atoms with Crippen LogP contribution in [0.3, 0.4) is 0 Å². The van der Waals surface area contributed by atoms with Crippen molar-refractivity contribution in [1.29, 1.82) is 0 Å². The minimum absolute atomic E-state index is 0.236. The molecule has 0 amide bonds. The van der Waals surface area contributed by atoms with Crippen LogP contribution in [0.5, 0.6) is 5.75 Å². The van der Waals surface area contributed by atoms with Gasteiger partial charge in [0.25, 0.3) is 0 Å². The van der Waals surface area contributed by atoms with E-state index < -0.39 is 17.4 Å². The number of aromatic hydroxyl groups is 1. The van der Waals surface area contributed by atoms with Crippen LogP contribution in [-0.4, -0.2) is 26.8 Å². The Morgan fingerprint density at radius 3 is 2.78 bits per heavy atom. The van der Waals surface area contributed by atoms with E-state index in [9.17, 15) is 14.7 Å². The van der Waals surface area contributed by atoms with E-state index in [0.717, 1.165) is 6.42 Å². The Morgan fingerprint density at radius 1 is 1.50 bits per heavy atom. The molecule has 6 heteroatoms. The average Bonchev–Trinajstić information content (AvgIpc) is 2.33. The second kappa shape index (κ2) is 6.20. The molecule has 6 nitrogen and oxygen atoms in total. The van der Waals surface area contributed by atoms with Gasteiger partial charge in [-0.3, -0.25) is 9.59 Å². The Kier molecular flexibility index (Phi) is 4.91. The van der Waals surface area contributed by atoms with Crippen molar-refractivity contribution >= 4 is 5.97 Å². The molecule has 1 rings (SSSR count). The third kappa shape index (κ3) is 3.59. The molecule has 0 saturated heterocycles. The number of carboxylic acids is 1. The third-order valence-electron chi connectivity index (χ3n) is 2.89. The Morgan fingerprint density at radius 2 is 2.17 bits per heavy atom. The van der Waals surface area contributed by atoms with Crippen molar-refractivity contribution in [2.75, 3.05) is 0 Å². The van der Waals surface area contributed by atoms with Crippen molar-refractivity contribution in [3.63, 3.8) is 0 Å². The lowest BCUT2D eigenvalue weighted by Crippen LogP contribution is -2.29. The highest BCUT2D eigenvalue weighted by atomic mass is 16.4. The quantitative estimate of drug-likeness (QED) is 0.639. The van der Waals surface area contributed by atoms with E-state index in [1.165, 1.54) is 6.07 Å². The fraction of sp³-hybridized carbons (Fsp3) is 0.500. The molecule has 0 aromatic carbocycles. The lowest BCUT2D eigenvalue weighted by molar-refractivity contribution is -0.138. The van der Waals surface area contributed by atoms with Gasteiger partial charge in [-0.15, -0.1) is 0 Å². The SMILES string of the molecule is Cc1c(O)c(=O)ccn1CCCCC(N)C(=O)O. The van der Waals surface area contributed by atoms with E-state index in [1.807, 2.05) is 0 Å². The predicted octanol–water partition coefficient (Wildman–Crippen LogP) is 0.445. The molecule has 1 aromatic heterocycles. The maximum atomic E-state index is 11.1. The van der Waals surface area contributed by atoms with Gasteiger partial charge in [-0.2, -0.15) is 0 Å². The predicted molar refractivity (Wildman–Crippen MR) is 66.6 cm³/mol. The fourth-order valence-electron chi connectivity index (χ4n) is 1.67. The molecule has 1 aromatic rings. The van der Waals surface area contributed by atoms with Crippen LogP contribution in [0, 0.1) is 6.92 Å². The number of aliphatic carboxylic acids is 1. The molecule has 1 atom stereocenters. The number of carbonyl (C=O) groups is 1. The van der Waals surface area contributed by atoms with Crippen LogP contribution in [-0.2, 0) is 11.3 Å². The molecule has 0 radical (unpaired) electrons. The number of rotatable bonds is 6. The summed E-state index contributed by atoms with van der Waals surface area (Å²) in [6.45, 7) is 2.28. The molecule has 1 heterocycles. The number of nitrogens with zero attached hydrogens (tertiary/aromatic N) is 1. The van der Waals surface area contributed by atoms with Crippen molar-refractivity contribution in [1.82, 2.24) is 4.57 Å². The normalized spacial score (nSPS) is 12.3. The first-order chi connectivity index (χ1) is 8.43. The van der Waals surface area contributed by atoms with Gasteiger partial charge in [0.2, 0.25) is 5.43 Å². The van der Waals surface area contributed by atoms with Crippen LogP contribution in [0.2, 0.25) is 0 Å². The lowest BCUT2D eigenvalue weighted by atomic mass is 10.1. The first kappa shape index (κ1) is 14.2. The molecular formula is C12H18N2O4. The lowest BCUT2D eigenvalue weighted by Gasteiger charge is -2.11.